The molecule has 0 aliphatic rings. The van der Waals surface area contributed by atoms with Gasteiger partial charge in [0, 0.05) is 0 Å². The molecule has 0 saturated heterocycles. The number of carbonyl (C=O) groups is 3. The molecular weight excluding hydrogens is 216 g/mol. The lowest BCUT2D eigenvalue weighted by Gasteiger charge is -1.95. The van der Waals surface area contributed by atoms with Crippen LogP contribution in [-0.4, -0.2) is 32.4 Å². The molecule has 0 spiro atoms. The van der Waals surface area contributed by atoms with Gasteiger partial charge in [-0.3, -0.25) is 14.4 Å². The van der Waals surface area contributed by atoms with E-state index in [0.29, 0.717) is 12.0 Å². The largest absolute Gasteiger partial charge is 0.469 e. The van der Waals surface area contributed by atoms with Crippen molar-refractivity contribution in [3.63, 3.8) is 0 Å². The molecule has 1 aromatic heterocycles. The van der Waals surface area contributed by atoms with Crippen LogP contribution >= 0.6 is 0 Å². The van der Waals surface area contributed by atoms with Gasteiger partial charge in [0.2, 0.25) is 0 Å². The van der Waals surface area contributed by atoms with Crippen LogP contribution in [0.1, 0.15) is 17.0 Å². The van der Waals surface area contributed by atoms with Crippen LogP contribution in [0.3, 0.4) is 0 Å². The van der Waals surface area contributed by atoms with Gasteiger partial charge in [-0.15, -0.1) is 0 Å². The second-order valence-corrected chi connectivity index (χ2v) is 2.46. The first kappa shape index (κ1) is 13.9. The Balaban J connectivity index is 0.000000288. The lowest BCUT2D eigenvalue weighted by Crippen LogP contribution is -2.09. The summed E-state index contributed by atoms with van der Waals surface area (Å²) in [6.07, 6.45) is 1.82. The predicted octanol–water partition coefficient (Wildman–Crippen LogP) is 0.815. The van der Waals surface area contributed by atoms with Gasteiger partial charge in [0.15, 0.2) is 12.0 Å². The third kappa shape index (κ3) is 6.36. The van der Waals surface area contributed by atoms with Gasteiger partial charge < -0.3 is 13.9 Å². The van der Waals surface area contributed by atoms with Gasteiger partial charge in [0.05, 0.1) is 20.5 Å². The molecule has 0 N–H and O–H groups in total. The Labute approximate surface area is 92.1 Å². The normalized spacial score (nSPS) is 8.38. The van der Waals surface area contributed by atoms with Crippen molar-refractivity contribution in [1.82, 2.24) is 0 Å². The summed E-state index contributed by atoms with van der Waals surface area (Å²) in [6.45, 7) is 0. The van der Waals surface area contributed by atoms with Crippen LogP contribution in [0.5, 0.6) is 0 Å². The number of hydrogen-bond acceptors (Lipinski definition) is 6. The first-order valence-corrected chi connectivity index (χ1v) is 4.26. The van der Waals surface area contributed by atoms with Gasteiger partial charge in [0.25, 0.3) is 0 Å². The zero-order valence-electron chi connectivity index (χ0n) is 8.97. The molecule has 0 aliphatic heterocycles. The molecule has 0 fully saturated rings. The van der Waals surface area contributed by atoms with E-state index in [2.05, 4.69) is 13.9 Å². The summed E-state index contributed by atoms with van der Waals surface area (Å²) < 4.78 is 13.0. The van der Waals surface area contributed by atoms with E-state index in [1.807, 2.05) is 0 Å². The highest BCUT2D eigenvalue weighted by atomic mass is 16.5. The highest BCUT2D eigenvalue weighted by molar-refractivity contribution is 5.90. The number of furan rings is 1. The Morgan fingerprint density at radius 3 is 2.12 bits per heavy atom. The van der Waals surface area contributed by atoms with E-state index in [1.165, 1.54) is 20.5 Å². The highest BCUT2D eigenvalue weighted by Crippen LogP contribution is 1.92. The number of methoxy groups -OCH3 is 2. The zero-order chi connectivity index (χ0) is 12.4. The molecule has 1 heterocycles. The van der Waals surface area contributed by atoms with Crippen molar-refractivity contribution in [2.75, 3.05) is 14.2 Å². The summed E-state index contributed by atoms with van der Waals surface area (Å²) in [5.74, 6) is -0.788. The van der Waals surface area contributed by atoms with Crippen molar-refractivity contribution in [2.24, 2.45) is 0 Å². The standard InChI is InChI=1S/C5H8O4.C5H4O2/c1-8-4(6)3-5(7)9-2;6-4-5-2-1-3-7-5/h3H2,1-2H3;1-4H. The number of esters is 2. The van der Waals surface area contributed by atoms with E-state index in [9.17, 15) is 14.4 Å². The predicted molar refractivity (Wildman–Crippen MR) is 52.7 cm³/mol. The maximum absolute atomic E-state index is 10.3. The molecule has 0 radical (unpaired) electrons. The first-order valence-electron chi connectivity index (χ1n) is 4.26. The van der Waals surface area contributed by atoms with E-state index in [1.54, 1.807) is 12.1 Å². The number of ether oxygens (including phenoxy) is 2. The Hall–Kier alpha value is -2.11. The maximum Gasteiger partial charge on any atom is 0.316 e. The van der Waals surface area contributed by atoms with Crippen molar-refractivity contribution in [3.05, 3.63) is 24.2 Å². The average molecular weight is 228 g/mol. The van der Waals surface area contributed by atoms with E-state index >= 15 is 0 Å². The van der Waals surface area contributed by atoms with Crippen molar-refractivity contribution >= 4 is 18.2 Å². The van der Waals surface area contributed by atoms with Crippen LogP contribution in [-0.2, 0) is 19.1 Å². The smallest absolute Gasteiger partial charge is 0.316 e. The van der Waals surface area contributed by atoms with E-state index in [4.69, 9.17) is 0 Å². The van der Waals surface area contributed by atoms with Crippen LogP contribution < -0.4 is 0 Å². The molecule has 1 aromatic rings. The number of rotatable bonds is 3. The maximum atomic E-state index is 10.3. The molecule has 88 valence electrons. The summed E-state index contributed by atoms with van der Waals surface area (Å²) >= 11 is 0. The van der Waals surface area contributed by atoms with Gasteiger partial charge in [0.1, 0.15) is 6.42 Å². The molecular formula is C10H12O6. The lowest BCUT2D eigenvalue weighted by molar-refractivity contribution is -0.151. The molecule has 0 bridgehead atoms. The molecule has 0 amide bonds. The second-order valence-electron chi connectivity index (χ2n) is 2.46. The molecule has 6 heteroatoms. The van der Waals surface area contributed by atoms with Gasteiger partial charge in [-0.05, 0) is 12.1 Å². The summed E-state index contributed by atoms with van der Waals surface area (Å²) in [5.41, 5.74) is 0. The Kier molecular flexibility index (Phi) is 7.14. The van der Waals surface area contributed by atoms with Crippen LogP contribution in [0.25, 0.3) is 0 Å². The molecule has 6 nitrogen and oxygen atoms in total. The fourth-order valence-corrected chi connectivity index (χ4v) is 0.621. The summed E-state index contributed by atoms with van der Waals surface area (Å²) in [6, 6.07) is 3.27. The second kappa shape index (κ2) is 8.22. The Morgan fingerprint density at radius 2 is 1.88 bits per heavy atom. The molecule has 0 unspecified atom stereocenters. The Bertz CT molecular complexity index is 313. The van der Waals surface area contributed by atoms with E-state index < -0.39 is 11.9 Å². The quantitative estimate of drug-likeness (QED) is 0.432. The molecule has 0 aromatic carbocycles. The minimum Gasteiger partial charge on any atom is -0.469 e. The zero-order valence-corrected chi connectivity index (χ0v) is 8.97. The topological polar surface area (TPSA) is 82.8 Å². The fraction of sp³-hybridized carbons (Fsp3) is 0.300. The van der Waals surface area contributed by atoms with Crippen LogP contribution in [0.2, 0.25) is 0 Å². The van der Waals surface area contributed by atoms with Gasteiger partial charge in [-0.2, -0.15) is 0 Å². The van der Waals surface area contributed by atoms with Gasteiger partial charge >= 0.3 is 11.9 Å². The average Bonchev–Trinajstić information content (AvgIpc) is 2.82. The molecule has 16 heavy (non-hydrogen) atoms. The van der Waals surface area contributed by atoms with Crippen molar-refractivity contribution < 1.29 is 28.3 Å². The van der Waals surface area contributed by atoms with Crippen LogP contribution in [0.15, 0.2) is 22.8 Å². The third-order valence-corrected chi connectivity index (χ3v) is 1.40. The number of hydrogen-bond donors (Lipinski definition) is 0. The lowest BCUT2D eigenvalue weighted by atomic mass is 10.4. The van der Waals surface area contributed by atoms with E-state index in [0.717, 1.165) is 0 Å². The number of aldehydes is 1. The van der Waals surface area contributed by atoms with Crippen LogP contribution in [0.4, 0.5) is 0 Å². The third-order valence-electron chi connectivity index (χ3n) is 1.40. The Morgan fingerprint density at radius 1 is 1.31 bits per heavy atom. The molecule has 1 rings (SSSR count). The molecule has 0 aliphatic carbocycles. The fourth-order valence-electron chi connectivity index (χ4n) is 0.621. The molecule has 0 saturated carbocycles. The minimum atomic E-state index is -0.582. The SMILES string of the molecule is COC(=O)CC(=O)OC.O=Cc1ccco1. The minimum absolute atomic E-state index is 0.312. The van der Waals surface area contributed by atoms with Gasteiger partial charge in [-0.1, -0.05) is 0 Å². The first-order chi connectivity index (χ1) is 7.63. The summed E-state index contributed by atoms with van der Waals surface area (Å²) in [5, 5.41) is 0. The van der Waals surface area contributed by atoms with Crippen LogP contribution in [0, 0.1) is 0 Å². The van der Waals surface area contributed by atoms with Crippen molar-refractivity contribution in [2.45, 2.75) is 6.42 Å². The summed E-state index contributed by atoms with van der Waals surface area (Å²) in [7, 11) is 2.43. The highest BCUT2D eigenvalue weighted by Gasteiger charge is 2.07. The van der Waals surface area contributed by atoms with Crippen molar-refractivity contribution in [3.8, 4) is 0 Å². The van der Waals surface area contributed by atoms with E-state index in [-0.39, 0.29) is 6.42 Å². The number of carbonyl (C=O) groups excluding carboxylic acids is 3. The molecule has 0 atom stereocenters. The monoisotopic (exact) mass is 228 g/mol. The summed E-state index contributed by atoms with van der Waals surface area (Å²) in [4.78, 5) is 30.3. The van der Waals surface area contributed by atoms with Gasteiger partial charge in [-0.25, -0.2) is 0 Å². The van der Waals surface area contributed by atoms with Crippen molar-refractivity contribution in [1.29, 1.82) is 0 Å².